The number of sulfone groups is 1. The zero-order chi connectivity index (χ0) is 6.20. The van der Waals surface area contributed by atoms with Crippen LogP contribution >= 0.6 is 0 Å². The molecule has 0 bridgehead atoms. The molecule has 46 valence electrons. The van der Waals surface area contributed by atoms with E-state index in [-0.39, 0.29) is 0 Å². The molecule has 0 radical (unpaired) electrons. The standard InChI is InChI=1S/C3H4O4S/c4-3-1-8(5,6)2-7-3/h1,4H,2H2. The second kappa shape index (κ2) is 1.38. The molecule has 5 heteroatoms. The van der Waals surface area contributed by atoms with Gasteiger partial charge in [-0.3, -0.25) is 0 Å². The molecule has 0 saturated heterocycles. The van der Waals surface area contributed by atoms with Gasteiger partial charge in [0.15, 0.2) is 5.94 Å². The zero-order valence-electron chi connectivity index (χ0n) is 3.86. The summed E-state index contributed by atoms with van der Waals surface area (Å²) in [4.78, 5) is 0. The summed E-state index contributed by atoms with van der Waals surface area (Å²) in [5.74, 6) is -0.955. The number of rotatable bonds is 0. The lowest BCUT2D eigenvalue weighted by molar-refractivity contribution is 0.132. The van der Waals surface area contributed by atoms with E-state index in [9.17, 15) is 8.42 Å². The van der Waals surface area contributed by atoms with Crippen LogP contribution in [0.5, 0.6) is 0 Å². The number of aliphatic hydroxyl groups is 1. The van der Waals surface area contributed by atoms with Gasteiger partial charge in [0.25, 0.3) is 5.95 Å². The lowest BCUT2D eigenvalue weighted by Gasteiger charge is -1.87. The molecule has 1 N–H and O–H groups in total. The van der Waals surface area contributed by atoms with Crippen molar-refractivity contribution in [2.24, 2.45) is 0 Å². The Morgan fingerprint density at radius 3 is 2.50 bits per heavy atom. The smallest absolute Gasteiger partial charge is 0.289 e. The second-order valence-electron chi connectivity index (χ2n) is 1.38. The molecule has 0 aromatic rings. The fourth-order valence-electron chi connectivity index (χ4n) is 0.364. The molecular formula is C3H4O4S. The van der Waals surface area contributed by atoms with Crippen molar-refractivity contribution in [3.05, 3.63) is 11.4 Å². The number of hydrogen-bond acceptors (Lipinski definition) is 4. The summed E-state index contributed by atoms with van der Waals surface area (Å²) in [5, 5.41) is 9.01. The third-order valence-electron chi connectivity index (χ3n) is 0.651. The molecule has 4 nitrogen and oxygen atoms in total. The highest BCUT2D eigenvalue weighted by Gasteiger charge is 2.18. The van der Waals surface area contributed by atoms with Crippen LogP contribution in [0, 0.1) is 0 Å². The van der Waals surface area contributed by atoms with Crippen LogP contribution in [0.15, 0.2) is 11.4 Å². The van der Waals surface area contributed by atoms with Crippen molar-refractivity contribution in [3.8, 4) is 0 Å². The van der Waals surface area contributed by atoms with Crippen molar-refractivity contribution < 1.29 is 18.3 Å². The first-order valence-electron chi connectivity index (χ1n) is 1.86. The van der Waals surface area contributed by atoms with Crippen molar-refractivity contribution in [1.29, 1.82) is 0 Å². The molecule has 0 aromatic heterocycles. The fourth-order valence-corrected chi connectivity index (χ4v) is 1.09. The topological polar surface area (TPSA) is 63.6 Å². The van der Waals surface area contributed by atoms with Gasteiger partial charge in [0.2, 0.25) is 9.84 Å². The highest BCUT2D eigenvalue weighted by atomic mass is 32.2. The predicted octanol–water partition coefficient (Wildman–Crippen LogP) is -0.254. The van der Waals surface area contributed by atoms with Gasteiger partial charge < -0.3 is 9.84 Å². The van der Waals surface area contributed by atoms with E-state index in [4.69, 9.17) is 5.11 Å². The van der Waals surface area contributed by atoms with Crippen LogP contribution in [-0.2, 0) is 14.6 Å². The maximum absolute atomic E-state index is 10.3. The van der Waals surface area contributed by atoms with Crippen molar-refractivity contribution in [2.75, 3.05) is 5.94 Å². The van der Waals surface area contributed by atoms with Gasteiger partial charge in [-0.2, -0.15) is 0 Å². The second-order valence-corrected chi connectivity index (χ2v) is 3.18. The van der Waals surface area contributed by atoms with Crippen LogP contribution in [0.1, 0.15) is 0 Å². The SMILES string of the molecule is O=S1(=O)C=C(O)OC1. The minimum absolute atomic E-state index is 0.432. The van der Waals surface area contributed by atoms with E-state index in [1.165, 1.54) is 0 Å². The molecule has 0 fully saturated rings. The Kier molecular flexibility index (Phi) is 0.937. The highest BCUT2D eigenvalue weighted by molar-refractivity contribution is 7.94. The summed E-state index contributed by atoms with van der Waals surface area (Å²) < 4.78 is 24.8. The Morgan fingerprint density at radius 1 is 1.75 bits per heavy atom. The molecule has 1 heterocycles. The lowest BCUT2D eigenvalue weighted by Crippen LogP contribution is -1.95. The van der Waals surface area contributed by atoms with E-state index in [2.05, 4.69) is 4.74 Å². The molecule has 0 aromatic carbocycles. The van der Waals surface area contributed by atoms with Crippen molar-refractivity contribution in [1.82, 2.24) is 0 Å². The molecule has 0 unspecified atom stereocenters. The van der Waals surface area contributed by atoms with Gasteiger partial charge in [0.05, 0.1) is 0 Å². The molecular weight excluding hydrogens is 132 g/mol. The van der Waals surface area contributed by atoms with Crippen LogP contribution in [0.2, 0.25) is 0 Å². The Bertz CT molecular complexity index is 211. The molecule has 1 rings (SSSR count). The minimum atomic E-state index is -3.23. The quantitative estimate of drug-likeness (QED) is 0.498. The van der Waals surface area contributed by atoms with Crippen molar-refractivity contribution >= 4 is 9.84 Å². The Morgan fingerprint density at radius 2 is 2.38 bits per heavy atom. The average molecular weight is 136 g/mol. The lowest BCUT2D eigenvalue weighted by atomic mass is 11.0. The molecule has 0 saturated carbocycles. The van der Waals surface area contributed by atoms with E-state index in [1.807, 2.05) is 0 Å². The van der Waals surface area contributed by atoms with Crippen LogP contribution < -0.4 is 0 Å². The predicted molar refractivity (Wildman–Crippen MR) is 25.6 cm³/mol. The summed E-state index contributed by atoms with van der Waals surface area (Å²) >= 11 is 0. The number of aliphatic hydroxyl groups excluding tert-OH is 1. The highest BCUT2D eigenvalue weighted by Crippen LogP contribution is 2.08. The Hall–Kier alpha value is -0.710. The van der Waals surface area contributed by atoms with E-state index in [0.29, 0.717) is 5.41 Å². The van der Waals surface area contributed by atoms with E-state index < -0.39 is 21.7 Å². The number of hydrogen-bond donors (Lipinski definition) is 1. The largest absolute Gasteiger partial charge is 0.480 e. The molecule has 1 aliphatic rings. The monoisotopic (exact) mass is 136 g/mol. The average Bonchev–Trinajstić information content (AvgIpc) is 1.82. The van der Waals surface area contributed by atoms with Gasteiger partial charge in [-0.25, -0.2) is 8.42 Å². The summed E-state index contributed by atoms with van der Waals surface area (Å²) in [6.07, 6.45) is 0. The van der Waals surface area contributed by atoms with Gasteiger partial charge in [0.1, 0.15) is 5.41 Å². The maximum atomic E-state index is 10.3. The molecule has 1 aliphatic heterocycles. The van der Waals surface area contributed by atoms with E-state index in [0.717, 1.165) is 0 Å². The van der Waals surface area contributed by atoms with E-state index >= 15 is 0 Å². The summed E-state index contributed by atoms with van der Waals surface area (Å²) in [5.41, 5.74) is 0. The molecule has 0 aliphatic carbocycles. The normalized spacial score (nSPS) is 24.2. The van der Waals surface area contributed by atoms with Gasteiger partial charge in [-0.15, -0.1) is 0 Å². The van der Waals surface area contributed by atoms with Crippen LogP contribution in [0.4, 0.5) is 0 Å². The Balaban J connectivity index is 3.00. The molecule has 0 atom stereocenters. The van der Waals surface area contributed by atoms with Gasteiger partial charge >= 0.3 is 0 Å². The number of ether oxygens (including phenoxy) is 1. The van der Waals surface area contributed by atoms with Crippen LogP contribution in [0.3, 0.4) is 0 Å². The Labute approximate surface area is 46.3 Å². The van der Waals surface area contributed by atoms with Gasteiger partial charge in [-0.05, 0) is 0 Å². The third kappa shape index (κ3) is 0.919. The van der Waals surface area contributed by atoms with Gasteiger partial charge in [0, 0.05) is 0 Å². The molecule has 0 spiro atoms. The van der Waals surface area contributed by atoms with Crippen molar-refractivity contribution in [2.45, 2.75) is 0 Å². The van der Waals surface area contributed by atoms with Crippen molar-refractivity contribution in [3.63, 3.8) is 0 Å². The first kappa shape index (κ1) is 5.43. The molecule has 8 heavy (non-hydrogen) atoms. The fraction of sp³-hybridized carbons (Fsp3) is 0.333. The van der Waals surface area contributed by atoms with Gasteiger partial charge in [-0.1, -0.05) is 0 Å². The third-order valence-corrected chi connectivity index (χ3v) is 1.66. The first-order chi connectivity index (χ1) is 3.60. The summed E-state index contributed by atoms with van der Waals surface area (Å²) in [6.45, 7) is 0. The van der Waals surface area contributed by atoms with Crippen LogP contribution in [-0.4, -0.2) is 19.5 Å². The van der Waals surface area contributed by atoms with Crippen LogP contribution in [0.25, 0.3) is 0 Å². The summed E-state index contributed by atoms with van der Waals surface area (Å²) in [6, 6.07) is 0. The maximum Gasteiger partial charge on any atom is 0.289 e. The first-order valence-corrected chi connectivity index (χ1v) is 3.58. The summed E-state index contributed by atoms with van der Waals surface area (Å²) in [7, 11) is -3.23. The molecule has 0 amide bonds. The minimum Gasteiger partial charge on any atom is -0.480 e. The zero-order valence-corrected chi connectivity index (χ0v) is 4.68. The van der Waals surface area contributed by atoms with E-state index in [1.54, 1.807) is 0 Å².